The van der Waals surface area contributed by atoms with Crippen LogP contribution >= 0.6 is 0 Å². The SMILES string of the molecule is Cc1cccc(CNC(=O)c2ccc(N3CCNCC3)c(NS(=O)(=O)c3ccccc3F)c2)c1. The summed E-state index contributed by atoms with van der Waals surface area (Å²) < 4.78 is 42.7. The standard InChI is InChI=1S/C25H27FN4O3S/c1-18-5-4-6-19(15-18)17-28-25(31)20-9-10-23(30-13-11-27-12-14-30)22(16-20)29-34(32,33)24-8-3-2-7-21(24)26/h2-10,15-16,27,29H,11-14,17H2,1H3,(H,28,31). The minimum absolute atomic E-state index is 0.230. The molecule has 3 aromatic rings. The molecular weight excluding hydrogens is 455 g/mol. The van der Waals surface area contributed by atoms with E-state index in [9.17, 15) is 17.6 Å². The molecule has 3 aromatic carbocycles. The van der Waals surface area contributed by atoms with Gasteiger partial charge in [0.2, 0.25) is 0 Å². The van der Waals surface area contributed by atoms with Crippen LogP contribution in [-0.4, -0.2) is 40.5 Å². The molecular formula is C25H27FN4O3S. The van der Waals surface area contributed by atoms with E-state index in [-0.39, 0.29) is 11.6 Å². The lowest BCUT2D eigenvalue weighted by molar-refractivity contribution is 0.0951. The number of amides is 1. The van der Waals surface area contributed by atoms with E-state index in [0.717, 1.165) is 30.3 Å². The number of nitrogens with zero attached hydrogens (tertiary/aromatic N) is 1. The van der Waals surface area contributed by atoms with E-state index >= 15 is 0 Å². The molecule has 0 aliphatic carbocycles. The Bertz CT molecular complexity index is 1290. The van der Waals surface area contributed by atoms with Crippen molar-refractivity contribution in [3.8, 4) is 0 Å². The van der Waals surface area contributed by atoms with Gasteiger partial charge >= 0.3 is 0 Å². The van der Waals surface area contributed by atoms with E-state index in [4.69, 9.17) is 0 Å². The maximum Gasteiger partial charge on any atom is 0.264 e. The maximum absolute atomic E-state index is 14.2. The average molecular weight is 483 g/mol. The lowest BCUT2D eigenvalue weighted by Gasteiger charge is -2.31. The van der Waals surface area contributed by atoms with Crippen molar-refractivity contribution in [1.29, 1.82) is 0 Å². The molecule has 0 radical (unpaired) electrons. The molecule has 1 aliphatic heterocycles. The van der Waals surface area contributed by atoms with Gasteiger partial charge in [0.15, 0.2) is 0 Å². The second-order valence-corrected chi connectivity index (χ2v) is 9.83. The number of hydrogen-bond acceptors (Lipinski definition) is 5. The predicted octanol–water partition coefficient (Wildman–Crippen LogP) is 3.27. The number of carbonyl (C=O) groups excluding carboxylic acids is 1. The summed E-state index contributed by atoms with van der Waals surface area (Å²) in [5, 5.41) is 6.13. The Kier molecular flexibility index (Phi) is 7.14. The highest BCUT2D eigenvalue weighted by Crippen LogP contribution is 2.30. The van der Waals surface area contributed by atoms with Gasteiger partial charge < -0.3 is 15.5 Å². The lowest BCUT2D eigenvalue weighted by Crippen LogP contribution is -2.43. The van der Waals surface area contributed by atoms with Gasteiger partial charge in [-0.15, -0.1) is 0 Å². The molecule has 4 rings (SSSR count). The zero-order valence-corrected chi connectivity index (χ0v) is 19.7. The van der Waals surface area contributed by atoms with Crippen LogP contribution in [0.2, 0.25) is 0 Å². The van der Waals surface area contributed by atoms with Crippen LogP contribution in [0.15, 0.2) is 71.6 Å². The normalized spacial score (nSPS) is 14.0. The summed E-state index contributed by atoms with van der Waals surface area (Å²) in [7, 11) is -4.21. The zero-order chi connectivity index (χ0) is 24.1. The number of aryl methyl sites for hydroxylation is 1. The lowest BCUT2D eigenvalue weighted by atomic mass is 10.1. The zero-order valence-electron chi connectivity index (χ0n) is 18.8. The highest BCUT2D eigenvalue weighted by molar-refractivity contribution is 7.92. The number of piperazine rings is 1. The fourth-order valence-corrected chi connectivity index (χ4v) is 5.05. The molecule has 1 heterocycles. The Hall–Kier alpha value is -3.43. The molecule has 0 unspecified atom stereocenters. The van der Waals surface area contributed by atoms with Crippen LogP contribution in [0.25, 0.3) is 0 Å². The van der Waals surface area contributed by atoms with Crippen LogP contribution in [0.3, 0.4) is 0 Å². The van der Waals surface area contributed by atoms with E-state index in [1.807, 2.05) is 36.1 Å². The largest absolute Gasteiger partial charge is 0.367 e. The second-order valence-electron chi connectivity index (χ2n) is 8.18. The molecule has 1 amide bonds. The topological polar surface area (TPSA) is 90.5 Å². The summed E-state index contributed by atoms with van der Waals surface area (Å²) in [4.78, 5) is 14.4. The average Bonchev–Trinajstić information content (AvgIpc) is 2.83. The number of benzene rings is 3. The number of hydrogen-bond donors (Lipinski definition) is 3. The summed E-state index contributed by atoms with van der Waals surface area (Å²) in [5.41, 5.74) is 3.23. The number of nitrogens with one attached hydrogen (secondary N) is 3. The monoisotopic (exact) mass is 482 g/mol. The quantitative estimate of drug-likeness (QED) is 0.481. The summed E-state index contributed by atoms with van der Waals surface area (Å²) >= 11 is 0. The van der Waals surface area contributed by atoms with Gasteiger partial charge in [-0.2, -0.15) is 0 Å². The molecule has 7 nitrogen and oxygen atoms in total. The van der Waals surface area contributed by atoms with Gasteiger partial charge in [-0.3, -0.25) is 9.52 Å². The first-order valence-electron chi connectivity index (χ1n) is 11.0. The second kappa shape index (κ2) is 10.2. The number of rotatable bonds is 7. The van der Waals surface area contributed by atoms with E-state index in [0.29, 0.717) is 30.9 Å². The van der Waals surface area contributed by atoms with Crippen molar-refractivity contribution in [2.24, 2.45) is 0 Å². The summed E-state index contributed by atoms with van der Waals surface area (Å²) in [6, 6.07) is 17.9. The molecule has 0 spiro atoms. The van der Waals surface area contributed by atoms with Gasteiger partial charge in [0.25, 0.3) is 15.9 Å². The highest BCUT2D eigenvalue weighted by atomic mass is 32.2. The van der Waals surface area contributed by atoms with Gasteiger partial charge in [-0.05, 0) is 42.8 Å². The first kappa shape index (κ1) is 23.7. The molecule has 0 bridgehead atoms. The third-order valence-electron chi connectivity index (χ3n) is 5.62. The molecule has 1 saturated heterocycles. The minimum atomic E-state index is -4.21. The molecule has 1 fully saturated rings. The van der Waals surface area contributed by atoms with Gasteiger partial charge in [-0.25, -0.2) is 12.8 Å². The van der Waals surface area contributed by atoms with Crippen LogP contribution in [0.4, 0.5) is 15.8 Å². The van der Waals surface area contributed by atoms with Crippen molar-refractivity contribution in [1.82, 2.24) is 10.6 Å². The Balaban J connectivity index is 1.62. The molecule has 178 valence electrons. The molecule has 34 heavy (non-hydrogen) atoms. The minimum Gasteiger partial charge on any atom is -0.367 e. The van der Waals surface area contributed by atoms with Gasteiger partial charge in [-0.1, -0.05) is 42.0 Å². The van der Waals surface area contributed by atoms with Crippen LogP contribution in [0.1, 0.15) is 21.5 Å². The maximum atomic E-state index is 14.2. The number of sulfonamides is 1. The van der Waals surface area contributed by atoms with E-state index in [1.165, 1.54) is 24.3 Å². The van der Waals surface area contributed by atoms with Crippen molar-refractivity contribution < 1.29 is 17.6 Å². The fraction of sp³-hybridized carbons (Fsp3) is 0.240. The summed E-state index contributed by atoms with van der Waals surface area (Å²) in [6.07, 6.45) is 0. The van der Waals surface area contributed by atoms with Crippen molar-refractivity contribution in [3.05, 3.63) is 89.2 Å². The van der Waals surface area contributed by atoms with Crippen molar-refractivity contribution in [2.45, 2.75) is 18.4 Å². The van der Waals surface area contributed by atoms with Crippen LogP contribution in [0, 0.1) is 12.7 Å². The summed E-state index contributed by atoms with van der Waals surface area (Å²) in [6.45, 7) is 5.17. The highest BCUT2D eigenvalue weighted by Gasteiger charge is 2.23. The first-order chi connectivity index (χ1) is 16.3. The van der Waals surface area contributed by atoms with Gasteiger partial charge in [0.1, 0.15) is 10.7 Å². The molecule has 1 aliphatic rings. The van der Waals surface area contributed by atoms with Crippen molar-refractivity contribution >= 4 is 27.3 Å². The first-order valence-corrected chi connectivity index (χ1v) is 12.5. The number of carbonyl (C=O) groups is 1. The fourth-order valence-electron chi connectivity index (χ4n) is 3.91. The molecule has 3 N–H and O–H groups in total. The Labute approximate surface area is 199 Å². The Morgan fingerprint density at radius 3 is 2.53 bits per heavy atom. The van der Waals surface area contributed by atoms with Crippen LogP contribution in [-0.2, 0) is 16.6 Å². The van der Waals surface area contributed by atoms with Crippen LogP contribution < -0.4 is 20.3 Å². The van der Waals surface area contributed by atoms with Crippen molar-refractivity contribution in [2.75, 3.05) is 35.8 Å². The third-order valence-corrected chi connectivity index (χ3v) is 7.02. The van der Waals surface area contributed by atoms with Gasteiger partial charge in [0.05, 0.1) is 11.4 Å². The van der Waals surface area contributed by atoms with Crippen molar-refractivity contribution in [3.63, 3.8) is 0 Å². The Morgan fingerprint density at radius 2 is 1.79 bits per heavy atom. The Morgan fingerprint density at radius 1 is 1.03 bits per heavy atom. The van der Waals surface area contributed by atoms with Crippen LogP contribution in [0.5, 0.6) is 0 Å². The predicted molar refractivity (Wildman–Crippen MR) is 131 cm³/mol. The van der Waals surface area contributed by atoms with E-state index in [2.05, 4.69) is 15.4 Å². The van der Waals surface area contributed by atoms with E-state index < -0.39 is 20.7 Å². The van der Waals surface area contributed by atoms with E-state index in [1.54, 1.807) is 12.1 Å². The molecule has 9 heteroatoms. The number of halogens is 1. The van der Waals surface area contributed by atoms with Gasteiger partial charge in [0, 0.05) is 38.3 Å². The molecule has 0 atom stereocenters. The molecule has 0 saturated carbocycles. The molecule has 0 aromatic heterocycles. The smallest absolute Gasteiger partial charge is 0.264 e. The summed E-state index contributed by atoms with van der Waals surface area (Å²) in [5.74, 6) is -1.18. The third kappa shape index (κ3) is 5.55. The number of anilines is 2.